The molecule has 1 aromatic carbocycles. The van der Waals surface area contributed by atoms with Gasteiger partial charge >= 0.3 is 0 Å². The highest BCUT2D eigenvalue weighted by Crippen LogP contribution is 2.27. The lowest BCUT2D eigenvalue weighted by molar-refractivity contribution is 0.0746. The average molecular weight is 402 g/mol. The lowest BCUT2D eigenvalue weighted by Crippen LogP contribution is -2.51. The smallest absolute Gasteiger partial charge is 0.257 e. The lowest BCUT2D eigenvalue weighted by Gasteiger charge is -2.30. The molecule has 1 fully saturated rings. The Morgan fingerprint density at radius 3 is 2.66 bits per heavy atom. The lowest BCUT2D eigenvalue weighted by atomic mass is 9.93. The van der Waals surface area contributed by atoms with Crippen molar-refractivity contribution in [3.8, 4) is 0 Å². The molecule has 8 heteroatoms. The third kappa shape index (κ3) is 4.64. The molecule has 1 unspecified atom stereocenters. The maximum Gasteiger partial charge on any atom is 0.257 e. The molecule has 1 saturated heterocycles. The SMILES string of the molecule is CCn1cc(C(=O)N2CCC(CCOC)(NC(=O)c3ccc(F)cc3)C2)c(C)n1. The Hall–Kier alpha value is -2.74. The Kier molecular flexibility index (Phi) is 6.32. The van der Waals surface area contributed by atoms with E-state index in [1.54, 1.807) is 22.9 Å². The maximum absolute atomic E-state index is 13.2. The van der Waals surface area contributed by atoms with E-state index in [2.05, 4.69) is 10.4 Å². The zero-order valence-electron chi connectivity index (χ0n) is 17.1. The van der Waals surface area contributed by atoms with E-state index >= 15 is 0 Å². The van der Waals surface area contributed by atoms with Gasteiger partial charge in [-0.15, -0.1) is 0 Å². The Balaban J connectivity index is 1.76. The molecule has 2 heterocycles. The minimum Gasteiger partial charge on any atom is -0.385 e. The van der Waals surface area contributed by atoms with Crippen LogP contribution < -0.4 is 5.32 Å². The summed E-state index contributed by atoms with van der Waals surface area (Å²) in [6.07, 6.45) is 2.97. The number of hydrogen-bond acceptors (Lipinski definition) is 4. The maximum atomic E-state index is 13.2. The normalized spacial score (nSPS) is 18.8. The van der Waals surface area contributed by atoms with Crippen LogP contribution >= 0.6 is 0 Å². The van der Waals surface area contributed by atoms with Gasteiger partial charge in [0.25, 0.3) is 11.8 Å². The van der Waals surface area contributed by atoms with Gasteiger partial charge in [-0.05, 0) is 51.0 Å². The summed E-state index contributed by atoms with van der Waals surface area (Å²) in [7, 11) is 1.61. The number of nitrogens with zero attached hydrogens (tertiary/aromatic N) is 3. The number of amides is 2. The minimum atomic E-state index is -0.591. The van der Waals surface area contributed by atoms with Crippen LogP contribution in [0.15, 0.2) is 30.5 Å². The van der Waals surface area contributed by atoms with E-state index in [1.165, 1.54) is 24.3 Å². The van der Waals surface area contributed by atoms with Gasteiger partial charge in [-0.3, -0.25) is 14.3 Å². The van der Waals surface area contributed by atoms with Crippen LogP contribution in [0.25, 0.3) is 0 Å². The van der Waals surface area contributed by atoms with E-state index in [-0.39, 0.29) is 11.8 Å². The van der Waals surface area contributed by atoms with Crippen LogP contribution in [0.5, 0.6) is 0 Å². The average Bonchev–Trinajstić information content (AvgIpc) is 3.30. The minimum absolute atomic E-state index is 0.0856. The number of halogens is 1. The molecule has 2 amide bonds. The molecule has 1 N–H and O–H groups in total. The highest BCUT2D eigenvalue weighted by Gasteiger charge is 2.41. The Morgan fingerprint density at radius 1 is 1.31 bits per heavy atom. The largest absolute Gasteiger partial charge is 0.385 e. The molecule has 7 nitrogen and oxygen atoms in total. The van der Waals surface area contributed by atoms with Crippen LogP contribution in [0.4, 0.5) is 4.39 Å². The summed E-state index contributed by atoms with van der Waals surface area (Å²) in [5, 5.41) is 7.43. The van der Waals surface area contributed by atoms with Gasteiger partial charge in [0.1, 0.15) is 5.82 Å². The third-order valence-corrected chi connectivity index (χ3v) is 5.41. The second-order valence-corrected chi connectivity index (χ2v) is 7.44. The molecular formula is C21H27FN4O3. The summed E-state index contributed by atoms with van der Waals surface area (Å²) in [5.74, 6) is -0.765. The van der Waals surface area contributed by atoms with E-state index in [1.807, 2.05) is 13.8 Å². The molecule has 0 aliphatic carbocycles. The number of aryl methyl sites for hydroxylation is 2. The third-order valence-electron chi connectivity index (χ3n) is 5.41. The van der Waals surface area contributed by atoms with E-state index < -0.39 is 11.4 Å². The first-order chi connectivity index (χ1) is 13.9. The molecule has 1 aromatic heterocycles. The van der Waals surface area contributed by atoms with Gasteiger partial charge in [0.15, 0.2) is 0 Å². The summed E-state index contributed by atoms with van der Waals surface area (Å²) in [6.45, 7) is 5.86. The number of benzene rings is 1. The molecular weight excluding hydrogens is 375 g/mol. The molecule has 0 spiro atoms. The van der Waals surface area contributed by atoms with Crippen molar-refractivity contribution < 1.29 is 18.7 Å². The van der Waals surface area contributed by atoms with Crippen LogP contribution in [0.2, 0.25) is 0 Å². The Labute approximate surface area is 169 Å². The summed E-state index contributed by atoms with van der Waals surface area (Å²) >= 11 is 0. The van der Waals surface area contributed by atoms with Gasteiger partial charge in [-0.25, -0.2) is 4.39 Å². The van der Waals surface area contributed by atoms with E-state index in [0.717, 1.165) is 0 Å². The van der Waals surface area contributed by atoms with Crippen molar-refractivity contribution in [1.82, 2.24) is 20.0 Å². The van der Waals surface area contributed by atoms with E-state index in [9.17, 15) is 14.0 Å². The Bertz CT molecular complexity index is 881. The number of carbonyl (C=O) groups excluding carboxylic acids is 2. The van der Waals surface area contributed by atoms with Gasteiger partial charge in [-0.1, -0.05) is 0 Å². The monoisotopic (exact) mass is 402 g/mol. The van der Waals surface area contributed by atoms with Crippen LogP contribution in [-0.4, -0.2) is 58.8 Å². The highest BCUT2D eigenvalue weighted by molar-refractivity contribution is 5.96. The molecule has 1 aliphatic heterocycles. The van der Waals surface area contributed by atoms with Gasteiger partial charge < -0.3 is 15.0 Å². The zero-order valence-corrected chi connectivity index (χ0v) is 17.1. The first kappa shape index (κ1) is 21.0. The number of ether oxygens (including phenoxy) is 1. The molecule has 156 valence electrons. The number of nitrogens with one attached hydrogen (secondary N) is 1. The van der Waals surface area contributed by atoms with Crippen LogP contribution in [0.1, 0.15) is 46.2 Å². The predicted octanol–water partition coefficient (Wildman–Crippen LogP) is 2.40. The number of hydrogen-bond donors (Lipinski definition) is 1. The van der Waals surface area contributed by atoms with Crippen molar-refractivity contribution in [2.45, 2.75) is 38.8 Å². The fraction of sp³-hybridized carbons (Fsp3) is 0.476. The molecule has 0 bridgehead atoms. The van der Waals surface area contributed by atoms with Gasteiger partial charge in [-0.2, -0.15) is 5.10 Å². The van der Waals surface area contributed by atoms with Crippen molar-refractivity contribution in [1.29, 1.82) is 0 Å². The topological polar surface area (TPSA) is 76.5 Å². The first-order valence-electron chi connectivity index (χ1n) is 9.78. The fourth-order valence-electron chi connectivity index (χ4n) is 3.69. The van der Waals surface area contributed by atoms with Gasteiger partial charge in [0.2, 0.25) is 0 Å². The van der Waals surface area contributed by atoms with Gasteiger partial charge in [0.05, 0.1) is 16.8 Å². The van der Waals surface area contributed by atoms with Gasteiger partial charge in [0, 0.05) is 45.1 Å². The molecule has 2 aromatic rings. The molecule has 1 aliphatic rings. The summed E-state index contributed by atoms with van der Waals surface area (Å²) in [6, 6.07) is 5.43. The fourth-order valence-corrected chi connectivity index (χ4v) is 3.69. The van der Waals surface area contributed by atoms with E-state index in [4.69, 9.17) is 4.74 Å². The van der Waals surface area contributed by atoms with Crippen LogP contribution in [0, 0.1) is 12.7 Å². The van der Waals surface area contributed by atoms with Crippen LogP contribution in [-0.2, 0) is 11.3 Å². The van der Waals surface area contributed by atoms with Crippen molar-refractivity contribution in [3.63, 3.8) is 0 Å². The summed E-state index contributed by atoms with van der Waals surface area (Å²) in [5.41, 5.74) is 1.07. The Morgan fingerprint density at radius 2 is 2.03 bits per heavy atom. The molecule has 3 rings (SSSR count). The molecule has 0 radical (unpaired) electrons. The highest BCUT2D eigenvalue weighted by atomic mass is 19.1. The van der Waals surface area contributed by atoms with Crippen LogP contribution in [0.3, 0.4) is 0 Å². The number of likely N-dealkylation sites (tertiary alicyclic amines) is 1. The van der Waals surface area contributed by atoms with E-state index in [0.29, 0.717) is 55.9 Å². The van der Waals surface area contributed by atoms with Crippen molar-refractivity contribution in [3.05, 3.63) is 53.1 Å². The van der Waals surface area contributed by atoms with Crippen molar-refractivity contribution in [2.75, 3.05) is 26.8 Å². The molecule has 0 saturated carbocycles. The predicted molar refractivity (Wildman–Crippen MR) is 106 cm³/mol. The number of aromatic nitrogens is 2. The quantitative estimate of drug-likeness (QED) is 0.772. The number of rotatable bonds is 7. The summed E-state index contributed by atoms with van der Waals surface area (Å²) in [4.78, 5) is 27.5. The van der Waals surface area contributed by atoms with Crippen molar-refractivity contribution in [2.24, 2.45) is 0 Å². The first-order valence-corrected chi connectivity index (χ1v) is 9.78. The number of methoxy groups -OCH3 is 1. The standard InChI is InChI=1S/C21H27FN4O3/c1-4-26-13-18(15(2)24-26)20(28)25-11-9-21(14-25,10-12-29-3)23-19(27)16-5-7-17(22)8-6-16/h5-8,13H,4,9-12,14H2,1-3H3,(H,23,27). The van der Waals surface area contributed by atoms with Crippen molar-refractivity contribution >= 4 is 11.8 Å². The number of carbonyl (C=O) groups is 2. The second-order valence-electron chi connectivity index (χ2n) is 7.44. The zero-order chi connectivity index (χ0) is 21.0. The molecule has 1 atom stereocenters. The molecule has 29 heavy (non-hydrogen) atoms. The summed E-state index contributed by atoms with van der Waals surface area (Å²) < 4.78 is 20.1. The second kappa shape index (κ2) is 8.73.